The summed E-state index contributed by atoms with van der Waals surface area (Å²) in [6.45, 7) is 7.92. The van der Waals surface area contributed by atoms with E-state index in [1.165, 1.54) is 5.39 Å². The molecule has 2 rings (SSSR count). The number of H-pyrrole nitrogens is 1. The Morgan fingerprint density at radius 2 is 1.96 bits per heavy atom. The van der Waals surface area contributed by atoms with Gasteiger partial charge in [0.25, 0.3) is 0 Å². The molecule has 0 saturated carbocycles. The molecule has 1 heterocycles. The fourth-order valence-electron chi connectivity index (χ4n) is 2.56. The summed E-state index contributed by atoms with van der Waals surface area (Å²) in [6.07, 6.45) is 0.120. The summed E-state index contributed by atoms with van der Waals surface area (Å²) in [6, 6.07) is 10.4. The van der Waals surface area contributed by atoms with E-state index in [1.807, 2.05) is 12.1 Å². The van der Waals surface area contributed by atoms with Crippen molar-refractivity contribution in [3.05, 3.63) is 36.0 Å². The Morgan fingerprint density at radius 1 is 1.25 bits per heavy atom. The topological polar surface area (TPSA) is 61.4 Å². The molecular weight excluding hydrogens is 415 g/mol. The minimum atomic E-state index is 0. The lowest BCUT2D eigenvalue weighted by molar-refractivity contribution is 0.0205. The molecule has 1 atom stereocenters. The maximum absolute atomic E-state index is 5.56. The maximum atomic E-state index is 5.56. The van der Waals surface area contributed by atoms with Gasteiger partial charge in [0.1, 0.15) is 0 Å². The molecule has 0 spiro atoms. The third-order valence-electron chi connectivity index (χ3n) is 3.96. The van der Waals surface area contributed by atoms with Gasteiger partial charge >= 0.3 is 0 Å². The highest BCUT2D eigenvalue weighted by Gasteiger charge is 2.24. The van der Waals surface area contributed by atoms with Crippen molar-refractivity contribution in [2.24, 2.45) is 10.4 Å². The number of aromatic amines is 1. The standard InChI is InChI=1S/C18H28N4O.HI/c1-18(2,3)16(23-5)12-21-17(19-4)20-11-14-10-13-8-6-7-9-15(13)22-14;/h6-10,16,22H,11-12H2,1-5H3,(H2,19,20,21);1H. The minimum absolute atomic E-state index is 0. The number of benzene rings is 1. The number of rotatable bonds is 5. The van der Waals surface area contributed by atoms with Crippen molar-refractivity contribution < 1.29 is 4.74 Å². The fourth-order valence-corrected chi connectivity index (χ4v) is 2.56. The van der Waals surface area contributed by atoms with Crippen LogP contribution in [0.5, 0.6) is 0 Å². The summed E-state index contributed by atoms with van der Waals surface area (Å²) in [7, 11) is 3.53. The molecule has 134 valence electrons. The number of methoxy groups -OCH3 is 1. The number of ether oxygens (including phenoxy) is 1. The average molecular weight is 444 g/mol. The Hall–Kier alpha value is -1.28. The maximum Gasteiger partial charge on any atom is 0.191 e. The van der Waals surface area contributed by atoms with E-state index in [4.69, 9.17) is 4.74 Å². The third kappa shape index (κ3) is 5.66. The second kappa shape index (κ2) is 9.27. The van der Waals surface area contributed by atoms with Crippen molar-refractivity contribution in [1.29, 1.82) is 0 Å². The highest BCUT2D eigenvalue weighted by molar-refractivity contribution is 14.0. The number of aromatic nitrogens is 1. The van der Waals surface area contributed by atoms with Crippen LogP contribution in [0.15, 0.2) is 35.3 Å². The monoisotopic (exact) mass is 444 g/mol. The molecule has 0 radical (unpaired) electrons. The first-order valence-electron chi connectivity index (χ1n) is 7.98. The van der Waals surface area contributed by atoms with E-state index in [9.17, 15) is 0 Å². The minimum Gasteiger partial charge on any atom is -0.379 e. The number of fused-ring (bicyclic) bond motifs is 1. The molecule has 0 saturated heterocycles. The van der Waals surface area contributed by atoms with Gasteiger partial charge in [-0.3, -0.25) is 4.99 Å². The molecule has 6 heteroatoms. The van der Waals surface area contributed by atoms with Gasteiger partial charge in [-0.1, -0.05) is 39.0 Å². The number of para-hydroxylation sites is 1. The molecule has 24 heavy (non-hydrogen) atoms. The van der Waals surface area contributed by atoms with Gasteiger partial charge in [0, 0.05) is 31.9 Å². The van der Waals surface area contributed by atoms with Crippen LogP contribution in [0.3, 0.4) is 0 Å². The molecule has 0 bridgehead atoms. The van der Waals surface area contributed by atoms with Crippen LogP contribution in [0.2, 0.25) is 0 Å². The molecule has 1 aromatic heterocycles. The number of hydrogen-bond acceptors (Lipinski definition) is 2. The Labute approximate surface area is 161 Å². The smallest absolute Gasteiger partial charge is 0.191 e. The second-order valence-electron chi connectivity index (χ2n) is 6.78. The lowest BCUT2D eigenvalue weighted by Crippen LogP contribution is -2.45. The van der Waals surface area contributed by atoms with E-state index in [2.05, 4.69) is 59.6 Å². The predicted molar refractivity (Wildman–Crippen MR) is 112 cm³/mol. The van der Waals surface area contributed by atoms with Crippen LogP contribution in [-0.2, 0) is 11.3 Å². The van der Waals surface area contributed by atoms with Crippen molar-refractivity contribution in [1.82, 2.24) is 15.6 Å². The molecule has 2 aromatic rings. The van der Waals surface area contributed by atoms with Crippen LogP contribution >= 0.6 is 24.0 Å². The molecular formula is C18H29IN4O. The molecule has 0 aliphatic carbocycles. The molecule has 0 aliphatic heterocycles. The van der Waals surface area contributed by atoms with Gasteiger partial charge in [0.05, 0.1) is 12.6 Å². The number of nitrogens with zero attached hydrogens (tertiary/aromatic N) is 1. The number of halogens is 1. The van der Waals surface area contributed by atoms with Crippen molar-refractivity contribution in [2.75, 3.05) is 20.7 Å². The van der Waals surface area contributed by atoms with Gasteiger partial charge in [-0.2, -0.15) is 0 Å². The number of nitrogens with one attached hydrogen (secondary N) is 3. The Balaban J connectivity index is 0.00000288. The molecule has 0 fully saturated rings. The Morgan fingerprint density at radius 3 is 2.54 bits per heavy atom. The van der Waals surface area contributed by atoms with Gasteiger partial charge in [-0.15, -0.1) is 24.0 Å². The summed E-state index contributed by atoms with van der Waals surface area (Å²) in [4.78, 5) is 7.68. The lowest BCUT2D eigenvalue weighted by Gasteiger charge is -2.30. The fraction of sp³-hybridized carbons (Fsp3) is 0.500. The molecule has 1 unspecified atom stereocenters. The van der Waals surface area contributed by atoms with E-state index in [0.717, 1.165) is 17.2 Å². The highest BCUT2D eigenvalue weighted by atomic mass is 127. The van der Waals surface area contributed by atoms with Gasteiger partial charge < -0.3 is 20.4 Å². The first kappa shape index (κ1) is 20.8. The molecule has 5 nitrogen and oxygen atoms in total. The molecule has 0 amide bonds. The summed E-state index contributed by atoms with van der Waals surface area (Å²) >= 11 is 0. The average Bonchev–Trinajstić information content (AvgIpc) is 2.92. The van der Waals surface area contributed by atoms with Crippen molar-refractivity contribution in [2.45, 2.75) is 33.4 Å². The van der Waals surface area contributed by atoms with Crippen LogP contribution in [-0.4, -0.2) is 37.7 Å². The van der Waals surface area contributed by atoms with Crippen LogP contribution in [0, 0.1) is 5.41 Å². The summed E-state index contributed by atoms with van der Waals surface area (Å²) < 4.78 is 5.56. The van der Waals surface area contributed by atoms with Crippen LogP contribution in [0.4, 0.5) is 0 Å². The van der Waals surface area contributed by atoms with Crippen molar-refractivity contribution >= 4 is 40.8 Å². The van der Waals surface area contributed by atoms with E-state index in [-0.39, 0.29) is 35.5 Å². The molecule has 3 N–H and O–H groups in total. The largest absolute Gasteiger partial charge is 0.379 e. The van der Waals surface area contributed by atoms with Crippen LogP contribution in [0.25, 0.3) is 10.9 Å². The van der Waals surface area contributed by atoms with E-state index >= 15 is 0 Å². The summed E-state index contributed by atoms with van der Waals surface area (Å²) in [5.41, 5.74) is 2.37. The quantitative estimate of drug-likeness (QED) is 0.376. The highest BCUT2D eigenvalue weighted by Crippen LogP contribution is 2.20. The molecule has 0 aliphatic rings. The number of aliphatic imine (C=N–C) groups is 1. The Bertz CT molecular complexity index is 627. The number of guanidine groups is 1. The number of hydrogen-bond donors (Lipinski definition) is 3. The van der Waals surface area contributed by atoms with Crippen LogP contribution in [0.1, 0.15) is 26.5 Å². The van der Waals surface area contributed by atoms with E-state index in [1.54, 1.807) is 14.2 Å². The van der Waals surface area contributed by atoms with Gasteiger partial charge in [0.2, 0.25) is 0 Å². The zero-order valence-corrected chi connectivity index (χ0v) is 17.5. The van der Waals surface area contributed by atoms with E-state index < -0.39 is 0 Å². The summed E-state index contributed by atoms with van der Waals surface area (Å²) in [5, 5.41) is 7.88. The predicted octanol–water partition coefficient (Wildman–Crippen LogP) is 3.51. The zero-order chi connectivity index (χ0) is 16.9. The van der Waals surface area contributed by atoms with Crippen molar-refractivity contribution in [3.63, 3.8) is 0 Å². The SMILES string of the molecule is CN=C(NCc1cc2ccccc2[nH]1)NCC(OC)C(C)(C)C.I. The summed E-state index contributed by atoms with van der Waals surface area (Å²) in [5.74, 6) is 0.773. The van der Waals surface area contributed by atoms with Crippen molar-refractivity contribution in [3.8, 4) is 0 Å². The Kier molecular flexibility index (Phi) is 8.02. The first-order valence-corrected chi connectivity index (χ1v) is 7.98. The van der Waals surface area contributed by atoms with Gasteiger partial charge in [-0.05, 0) is 22.9 Å². The third-order valence-corrected chi connectivity index (χ3v) is 3.96. The van der Waals surface area contributed by atoms with Crippen LogP contribution < -0.4 is 10.6 Å². The molecule has 1 aromatic carbocycles. The lowest BCUT2D eigenvalue weighted by atomic mass is 9.89. The first-order chi connectivity index (χ1) is 10.9. The second-order valence-corrected chi connectivity index (χ2v) is 6.78. The zero-order valence-electron chi connectivity index (χ0n) is 15.1. The normalized spacial score (nSPS) is 13.5. The van der Waals surface area contributed by atoms with Gasteiger partial charge in [-0.25, -0.2) is 0 Å². The van der Waals surface area contributed by atoms with Gasteiger partial charge in [0.15, 0.2) is 5.96 Å². The van der Waals surface area contributed by atoms with E-state index in [0.29, 0.717) is 13.1 Å².